The van der Waals surface area contributed by atoms with Crippen LogP contribution in [-0.2, 0) is 14.3 Å². The van der Waals surface area contributed by atoms with E-state index < -0.39 is 11.6 Å². The number of hydrogen-bond donors (Lipinski definition) is 2. The van der Waals surface area contributed by atoms with E-state index in [0.717, 1.165) is 22.6 Å². The third-order valence-corrected chi connectivity index (χ3v) is 6.82. The van der Waals surface area contributed by atoms with Crippen LogP contribution in [0.2, 0.25) is 4.34 Å². The topological polar surface area (TPSA) is 100 Å². The second-order valence-electron chi connectivity index (χ2n) is 8.20. The van der Waals surface area contributed by atoms with Crippen molar-refractivity contribution >= 4 is 52.2 Å². The average Bonchev–Trinajstić information content (AvgIpc) is 3.34. The van der Waals surface area contributed by atoms with Crippen LogP contribution >= 0.6 is 22.9 Å². The normalized spacial score (nSPS) is 21.2. The molecular weight excluding hydrogens is 468 g/mol. The minimum atomic E-state index is -1.14. The number of morpholine rings is 1. The van der Waals surface area contributed by atoms with E-state index in [2.05, 4.69) is 10.6 Å². The zero-order valence-corrected chi connectivity index (χ0v) is 19.9. The highest BCUT2D eigenvalue weighted by Gasteiger charge is 2.45. The van der Waals surface area contributed by atoms with Crippen LogP contribution < -0.4 is 20.3 Å². The first kappa shape index (κ1) is 23.5. The van der Waals surface area contributed by atoms with Crippen molar-refractivity contribution in [1.82, 2.24) is 10.2 Å². The molecule has 3 heterocycles. The first-order chi connectivity index (χ1) is 15.8. The van der Waals surface area contributed by atoms with Gasteiger partial charge in [-0.25, -0.2) is 4.79 Å². The second-order valence-corrected chi connectivity index (χ2v) is 9.87. The van der Waals surface area contributed by atoms with Crippen LogP contribution in [0.1, 0.15) is 12.0 Å². The van der Waals surface area contributed by atoms with Gasteiger partial charge in [-0.2, -0.15) is 0 Å². The van der Waals surface area contributed by atoms with Gasteiger partial charge in [-0.05, 0) is 56.3 Å². The summed E-state index contributed by atoms with van der Waals surface area (Å²) in [4.78, 5) is 41.7. The molecule has 2 aromatic rings. The molecule has 0 bridgehead atoms. The van der Waals surface area contributed by atoms with Gasteiger partial charge in [-0.15, -0.1) is 0 Å². The molecule has 1 atom stereocenters. The number of carbonyl (C=O) groups is 3. The number of halogens is 1. The molecule has 2 saturated heterocycles. The van der Waals surface area contributed by atoms with Crippen molar-refractivity contribution in [2.75, 3.05) is 50.1 Å². The average molecular weight is 493 g/mol. The van der Waals surface area contributed by atoms with Crippen LogP contribution in [0, 0.1) is 6.92 Å². The number of ether oxygens (including phenoxy) is 2. The lowest BCUT2D eigenvalue weighted by atomic mass is 9.97. The Morgan fingerprint density at radius 3 is 2.70 bits per heavy atom. The van der Waals surface area contributed by atoms with Crippen molar-refractivity contribution in [3.05, 3.63) is 40.2 Å². The number of anilines is 2. The third kappa shape index (κ3) is 5.30. The molecule has 0 radical (unpaired) electrons. The lowest BCUT2D eigenvalue weighted by molar-refractivity contribution is -0.125. The number of aryl methyl sites for hydroxylation is 1. The van der Waals surface area contributed by atoms with Gasteiger partial charge in [-0.3, -0.25) is 9.59 Å². The number of nitrogens with zero attached hydrogens (tertiary/aromatic N) is 2. The molecule has 1 aromatic carbocycles. The first-order valence-electron chi connectivity index (χ1n) is 10.5. The summed E-state index contributed by atoms with van der Waals surface area (Å²) in [6, 6.07) is 8.61. The predicted octanol–water partition coefficient (Wildman–Crippen LogP) is 2.87. The zero-order chi connectivity index (χ0) is 23.6. The second kappa shape index (κ2) is 9.68. The highest BCUT2D eigenvalue weighted by Crippen LogP contribution is 2.30. The maximum atomic E-state index is 13.3. The fraction of sp³-hybridized carbons (Fsp3) is 0.409. The Hall–Kier alpha value is -2.66. The third-order valence-electron chi connectivity index (χ3n) is 5.71. The maximum absolute atomic E-state index is 13.3. The summed E-state index contributed by atoms with van der Waals surface area (Å²) < 4.78 is 11.0. The molecule has 11 heteroatoms. The van der Waals surface area contributed by atoms with Crippen molar-refractivity contribution in [2.24, 2.45) is 0 Å². The summed E-state index contributed by atoms with van der Waals surface area (Å²) >= 11 is 7.03. The summed E-state index contributed by atoms with van der Waals surface area (Å²) in [5.41, 5.74) is 1.08. The molecule has 33 heavy (non-hydrogen) atoms. The molecular formula is C22H25ClN4O5S. The van der Waals surface area contributed by atoms with Crippen LogP contribution in [-0.4, -0.2) is 68.2 Å². The fourth-order valence-corrected chi connectivity index (χ4v) is 4.94. The van der Waals surface area contributed by atoms with Gasteiger partial charge in [0.1, 0.15) is 12.1 Å². The summed E-state index contributed by atoms with van der Waals surface area (Å²) in [5.74, 6) is -0.425. The maximum Gasteiger partial charge on any atom is 0.414 e. The predicted molar refractivity (Wildman–Crippen MR) is 126 cm³/mol. The van der Waals surface area contributed by atoms with Gasteiger partial charge in [0.25, 0.3) is 11.8 Å². The molecule has 176 valence electrons. The Morgan fingerprint density at radius 1 is 1.24 bits per heavy atom. The number of likely N-dealkylation sites (N-methyl/N-ethyl adjacent to an activating group) is 1. The van der Waals surface area contributed by atoms with Crippen molar-refractivity contribution in [3.8, 4) is 5.06 Å². The number of benzene rings is 1. The minimum Gasteiger partial charge on any atom is -0.399 e. The van der Waals surface area contributed by atoms with E-state index in [-0.39, 0.29) is 18.4 Å². The van der Waals surface area contributed by atoms with Crippen LogP contribution in [0.5, 0.6) is 5.06 Å². The Labute approximate surface area is 200 Å². The van der Waals surface area contributed by atoms with Gasteiger partial charge in [-0.1, -0.05) is 22.9 Å². The molecule has 0 spiro atoms. The summed E-state index contributed by atoms with van der Waals surface area (Å²) in [7, 11) is 1.89. The first-order valence-corrected chi connectivity index (χ1v) is 11.7. The molecule has 1 aromatic heterocycles. The Morgan fingerprint density at radius 2 is 2.06 bits per heavy atom. The number of nitrogens with one attached hydrogen (secondary N) is 2. The minimum absolute atomic E-state index is 0.0629. The van der Waals surface area contributed by atoms with E-state index in [9.17, 15) is 14.4 Å². The van der Waals surface area contributed by atoms with Gasteiger partial charge in [0.15, 0.2) is 5.06 Å². The number of amides is 3. The highest BCUT2D eigenvalue weighted by atomic mass is 35.5. The molecule has 2 aliphatic heterocycles. The number of hydrogen-bond acceptors (Lipinski definition) is 7. The molecule has 9 nitrogen and oxygen atoms in total. The molecule has 2 fully saturated rings. The smallest absolute Gasteiger partial charge is 0.399 e. The number of carbonyl (C=O) groups excluding carboxylic acids is 3. The van der Waals surface area contributed by atoms with Crippen molar-refractivity contribution in [3.63, 3.8) is 0 Å². The van der Waals surface area contributed by atoms with Gasteiger partial charge < -0.3 is 29.9 Å². The summed E-state index contributed by atoms with van der Waals surface area (Å²) in [6.45, 7) is 3.91. The SMILES string of the molecule is Cc1cc(NC(=O)C2(NC(=O)Oc3ccc(Cl)s3)CCN(C)C2)ccc1N1CCOCC1=O. The molecule has 2 aliphatic rings. The number of likely N-dealkylation sites (tertiary alicyclic amines) is 1. The van der Waals surface area contributed by atoms with E-state index in [1.54, 1.807) is 23.1 Å². The van der Waals surface area contributed by atoms with Crippen molar-refractivity contribution in [1.29, 1.82) is 0 Å². The van der Waals surface area contributed by atoms with E-state index >= 15 is 0 Å². The standard InChI is InChI=1S/C22H25ClN4O5S/c1-14-11-15(3-4-16(14)27-9-10-31-12-18(27)28)24-20(29)22(7-8-26(2)13-22)25-21(30)32-19-6-5-17(23)33-19/h3-6,11H,7-10,12-13H2,1-2H3,(H,24,29)(H,25,30). The molecule has 2 N–H and O–H groups in total. The van der Waals surface area contributed by atoms with Crippen LogP contribution in [0.3, 0.4) is 0 Å². The van der Waals surface area contributed by atoms with Crippen LogP contribution in [0.25, 0.3) is 0 Å². The van der Waals surface area contributed by atoms with Gasteiger partial charge in [0, 0.05) is 31.0 Å². The van der Waals surface area contributed by atoms with Crippen LogP contribution in [0.15, 0.2) is 30.3 Å². The quantitative estimate of drug-likeness (QED) is 0.665. The number of rotatable bonds is 5. The fourth-order valence-electron chi connectivity index (χ4n) is 4.07. The highest BCUT2D eigenvalue weighted by molar-refractivity contribution is 7.17. The summed E-state index contributed by atoms with van der Waals surface area (Å²) in [6.07, 6.45) is -0.272. The number of thiophene rings is 1. The van der Waals surface area contributed by atoms with Crippen molar-refractivity contribution < 1.29 is 23.9 Å². The monoisotopic (exact) mass is 492 g/mol. The Bertz CT molecular complexity index is 1080. The summed E-state index contributed by atoms with van der Waals surface area (Å²) in [5, 5.41) is 6.03. The van der Waals surface area contributed by atoms with E-state index in [1.165, 1.54) is 0 Å². The van der Waals surface area contributed by atoms with E-state index in [1.807, 2.05) is 31.0 Å². The van der Waals surface area contributed by atoms with Crippen molar-refractivity contribution in [2.45, 2.75) is 18.9 Å². The van der Waals surface area contributed by atoms with Crippen LogP contribution in [0.4, 0.5) is 16.2 Å². The molecule has 0 saturated carbocycles. The largest absolute Gasteiger partial charge is 0.414 e. The molecule has 0 aliphatic carbocycles. The van der Waals surface area contributed by atoms with E-state index in [0.29, 0.717) is 47.7 Å². The Balaban J connectivity index is 1.47. The van der Waals surface area contributed by atoms with Gasteiger partial charge in [0.05, 0.1) is 10.9 Å². The molecule has 1 unspecified atom stereocenters. The lowest BCUT2D eigenvalue weighted by Crippen LogP contribution is -2.58. The lowest BCUT2D eigenvalue weighted by Gasteiger charge is -2.30. The zero-order valence-electron chi connectivity index (χ0n) is 18.4. The van der Waals surface area contributed by atoms with E-state index in [4.69, 9.17) is 21.1 Å². The molecule has 4 rings (SSSR count). The molecule has 3 amide bonds. The Kier molecular flexibility index (Phi) is 6.89. The van der Waals surface area contributed by atoms with Gasteiger partial charge >= 0.3 is 6.09 Å². The van der Waals surface area contributed by atoms with Gasteiger partial charge in [0.2, 0.25) is 0 Å².